The second-order valence-electron chi connectivity index (χ2n) is 14.0. The van der Waals surface area contributed by atoms with Crippen LogP contribution in [0.1, 0.15) is 69.7 Å². The standard InChI is InChI=1S/C35H47N7O6/c1-35(2,3)48-33(43)41-22-29-30(23-41)37-32(47-28-10-15-39(16-11-28)26-12-19-45-20-13-26)38-31(29)40-17-18-42(27(21-40)9-14-36)34(44)46-24-25-7-5-4-6-8-25/h4-8,26-28H,9-13,15-24H2,1-3H3/t27-/m0/s1. The van der Waals surface area contributed by atoms with Crippen molar-refractivity contribution in [3.05, 3.63) is 47.2 Å². The Morgan fingerprint density at radius 1 is 0.979 bits per heavy atom. The second kappa shape index (κ2) is 15.0. The van der Waals surface area contributed by atoms with Gasteiger partial charge >= 0.3 is 18.2 Å². The molecule has 4 aliphatic rings. The molecule has 258 valence electrons. The van der Waals surface area contributed by atoms with Crippen LogP contribution in [-0.2, 0) is 33.9 Å². The first kappa shape index (κ1) is 33.7. The quantitative estimate of drug-likeness (QED) is 0.416. The van der Waals surface area contributed by atoms with Crippen LogP contribution in [-0.4, -0.2) is 107 Å². The van der Waals surface area contributed by atoms with Crippen LogP contribution >= 0.6 is 0 Å². The van der Waals surface area contributed by atoms with Crippen LogP contribution in [0.3, 0.4) is 0 Å². The Balaban J connectivity index is 1.18. The fourth-order valence-corrected chi connectivity index (χ4v) is 6.91. The molecule has 6 rings (SSSR count). The third kappa shape index (κ3) is 8.28. The van der Waals surface area contributed by atoms with Gasteiger partial charge in [0.15, 0.2) is 0 Å². The van der Waals surface area contributed by atoms with Crippen LogP contribution in [0.2, 0.25) is 0 Å². The number of carbonyl (C=O) groups is 2. The summed E-state index contributed by atoms with van der Waals surface area (Å²) >= 11 is 0. The molecule has 3 fully saturated rings. The molecular formula is C35H47N7O6. The zero-order valence-corrected chi connectivity index (χ0v) is 28.3. The van der Waals surface area contributed by atoms with Gasteiger partial charge in [0, 0.05) is 57.5 Å². The summed E-state index contributed by atoms with van der Waals surface area (Å²) in [4.78, 5) is 44.0. The number of benzene rings is 1. The van der Waals surface area contributed by atoms with Crippen molar-refractivity contribution in [2.24, 2.45) is 0 Å². The van der Waals surface area contributed by atoms with Gasteiger partial charge in [0.05, 0.1) is 37.3 Å². The molecule has 0 aliphatic carbocycles. The third-order valence-corrected chi connectivity index (χ3v) is 9.40. The van der Waals surface area contributed by atoms with Gasteiger partial charge in [-0.2, -0.15) is 15.2 Å². The van der Waals surface area contributed by atoms with Crippen molar-refractivity contribution < 1.29 is 28.5 Å². The van der Waals surface area contributed by atoms with Crippen molar-refractivity contribution in [1.29, 1.82) is 5.26 Å². The van der Waals surface area contributed by atoms with Crippen molar-refractivity contribution in [3.8, 4) is 12.1 Å². The van der Waals surface area contributed by atoms with E-state index in [9.17, 15) is 14.9 Å². The Bertz CT molecular complexity index is 1460. The lowest BCUT2D eigenvalue weighted by Gasteiger charge is -2.41. The Morgan fingerprint density at radius 3 is 2.44 bits per heavy atom. The van der Waals surface area contributed by atoms with E-state index in [0.717, 1.165) is 68.8 Å². The van der Waals surface area contributed by atoms with E-state index in [1.54, 1.807) is 9.80 Å². The number of amides is 2. The molecule has 0 saturated carbocycles. The van der Waals surface area contributed by atoms with Crippen molar-refractivity contribution in [3.63, 3.8) is 0 Å². The first-order valence-electron chi connectivity index (χ1n) is 17.1. The number of carbonyl (C=O) groups excluding carboxylic acids is 2. The maximum atomic E-state index is 13.2. The van der Waals surface area contributed by atoms with Crippen LogP contribution in [0.25, 0.3) is 0 Å². The lowest BCUT2D eigenvalue weighted by Crippen LogP contribution is -2.55. The SMILES string of the molecule is CC(C)(C)OC(=O)N1Cc2nc(OC3CCN(C4CCOCC4)CC3)nc(N3CCN(C(=O)OCc4ccccc4)[C@@H](CC#N)C3)c2C1. The summed E-state index contributed by atoms with van der Waals surface area (Å²) in [6, 6.07) is 12.2. The van der Waals surface area contributed by atoms with E-state index < -0.39 is 23.8 Å². The van der Waals surface area contributed by atoms with Gasteiger partial charge in [-0.05, 0) is 52.0 Å². The van der Waals surface area contributed by atoms with Gasteiger partial charge in [-0.1, -0.05) is 30.3 Å². The van der Waals surface area contributed by atoms with Crippen molar-refractivity contribution in [2.75, 3.05) is 50.8 Å². The van der Waals surface area contributed by atoms with Gasteiger partial charge < -0.3 is 28.7 Å². The molecule has 1 aromatic heterocycles. The topological polar surface area (TPSA) is 134 Å². The smallest absolute Gasteiger partial charge is 0.410 e. The summed E-state index contributed by atoms with van der Waals surface area (Å²) in [5.74, 6) is 0.668. The Hall–Kier alpha value is -4.15. The van der Waals surface area contributed by atoms with Gasteiger partial charge in [-0.3, -0.25) is 9.80 Å². The lowest BCUT2D eigenvalue weighted by molar-refractivity contribution is 0.00863. The predicted octanol–water partition coefficient (Wildman–Crippen LogP) is 4.49. The number of nitriles is 1. The first-order chi connectivity index (χ1) is 23.2. The highest BCUT2D eigenvalue weighted by atomic mass is 16.6. The average Bonchev–Trinajstić information content (AvgIpc) is 3.52. The number of anilines is 1. The number of fused-ring (bicyclic) bond motifs is 1. The molecule has 3 saturated heterocycles. The maximum absolute atomic E-state index is 13.2. The van der Waals surface area contributed by atoms with Gasteiger partial charge in [0.25, 0.3) is 0 Å². The molecule has 48 heavy (non-hydrogen) atoms. The van der Waals surface area contributed by atoms with Gasteiger partial charge in [0.1, 0.15) is 24.1 Å². The fraction of sp³-hybridized carbons (Fsp3) is 0.629. The van der Waals surface area contributed by atoms with Gasteiger partial charge in [-0.25, -0.2) is 9.59 Å². The van der Waals surface area contributed by atoms with E-state index in [0.29, 0.717) is 44.0 Å². The van der Waals surface area contributed by atoms with E-state index in [4.69, 9.17) is 28.9 Å². The van der Waals surface area contributed by atoms with Gasteiger partial charge in [0.2, 0.25) is 0 Å². The minimum Gasteiger partial charge on any atom is -0.460 e. The summed E-state index contributed by atoms with van der Waals surface area (Å²) in [6.45, 7) is 11.1. The molecule has 0 bridgehead atoms. The Morgan fingerprint density at radius 2 is 1.73 bits per heavy atom. The van der Waals surface area contributed by atoms with Crippen LogP contribution in [0.15, 0.2) is 30.3 Å². The zero-order valence-electron chi connectivity index (χ0n) is 28.3. The number of piperidine rings is 1. The lowest BCUT2D eigenvalue weighted by atomic mass is 10.0. The summed E-state index contributed by atoms with van der Waals surface area (Å²) in [5, 5.41) is 9.69. The molecule has 1 aromatic carbocycles. The van der Waals surface area contributed by atoms with Crippen LogP contribution < -0.4 is 9.64 Å². The van der Waals surface area contributed by atoms with E-state index in [1.165, 1.54) is 0 Å². The van der Waals surface area contributed by atoms with Crippen LogP contribution in [0.4, 0.5) is 15.4 Å². The Kier molecular flexibility index (Phi) is 10.5. The van der Waals surface area contributed by atoms with E-state index >= 15 is 0 Å². The largest absolute Gasteiger partial charge is 0.460 e. The second-order valence-corrected chi connectivity index (χ2v) is 14.0. The number of ether oxygens (including phenoxy) is 4. The third-order valence-electron chi connectivity index (χ3n) is 9.40. The molecule has 2 amide bonds. The molecule has 0 spiro atoms. The average molecular weight is 662 g/mol. The number of rotatable bonds is 7. The predicted molar refractivity (Wildman–Crippen MR) is 176 cm³/mol. The minimum absolute atomic E-state index is 0.0158. The molecule has 5 heterocycles. The van der Waals surface area contributed by atoms with E-state index in [-0.39, 0.29) is 25.7 Å². The number of piperazine rings is 1. The monoisotopic (exact) mass is 661 g/mol. The van der Waals surface area contributed by atoms with E-state index in [1.807, 2.05) is 51.1 Å². The molecular weight excluding hydrogens is 614 g/mol. The fourth-order valence-electron chi connectivity index (χ4n) is 6.91. The van der Waals surface area contributed by atoms with Crippen molar-refractivity contribution >= 4 is 18.0 Å². The molecule has 2 aromatic rings. The molecule has 13 nitrogen and oxygen atoms in total. The molecule has 0 radical (unpaired) electrons. The Labute approximate surface area is 282 Å². The molecule has 0 N–H and O–H groups in total. The number of aromatic nitrogens is 2. The summed E-state index contributed by atoms with van der Waals surface area (Å²) < 4.78 is 23.3. The molecule has 13 heteroatoms. The summed E-state index contributed by atoms with van der Waals surface area (Å²) in [7, 11) is 0. The highest BCUT2D eigenvalue weighted by molar-refractivity contribution is 5.71. The summed E-state index contributed by atoms with van der Waals surface area (Å²) in [5.41, 5.74) is 1.82. The van der Waals surface area contributed by atoms with Crippen LogP contribution in [0.5, 0.6) is 6.01 Å². The van der Waals surface area contributed by atoms with Gasteiger partial charge in [-0.15, -0.1) is 0 Å². The molecule has 4 aliphatic heterocycles. The zero-order chi connectivity index (χ0) is 33.7. The van der Waals surface area contributed by atoms with Crippen molar-refractivity contribution in [1.82, 2.24) is 24.7 Å². The van der Waals surface area contributed by atoms with Crippen LogP contribution in [0, 0.1) is 11.3 Å². The van der Waals surface area contributed by atoms with Crippen molar-refractivity contribution in [2.45, 2.75) is 96.4 Å². The van der Waals surface area contributed by atoms with E-state index in [2.05, 4.69) is 15.9 Å². The number of nitrogens with zero attached hydrogens (tertiary/aromatic N) is 7. The number of hydrogen-bond acceptors (Lipinski definition) is 11. The number of likely N-dealkylation sites (tertiary alicyclic amines) is 1. The normalized spacial score (nSPS) is 21.0. The summed E-state index contributed by atoms with van der Waals surface area (Å²) in [6.07, 6.45) is 3.17. The highest BCUT2D eigenvalue weighted by Crippen LogP contribution is 2.34. The molecule has 0 unspecified atom stereocenters. The first-order valence-corrected chi connectivity index (χ1v) is 17.1. The maximum Gasteiger partial charge on any atom is 0.410 e. The highest BCUT2D eigenvalue weighted by Gasteiger charge is 2.38. The molecule has 1 atom stereocenters. The minimum atomic E-state index is -0.635. The number of hydrogen-bond donors (Lipinski definition) is 0.